The van der Waals surface area contributed by atoms with Crippen LogP contribution in [0, 0.1) is 11.8 Å². The van der Waals surface area contributed by atoms with Crippen LogP contribution in [0.1, 0.15) is 72.1 Å². The molecule has 0 aromatic carbocycles. The molecule has 3 heteroatoms. The van der Waals surface area contributed by atoms with Gasteiger partial charge in [0.2, 0.25) is 0 Å². The Balaban J connectivity index is 2.03. The Kier molecular flexibility index (Phi) is 10.3. The second-order valence-electron chi connectivity index (χ2n) is 6.94. The first kappa shape index (κ1) is 18.9. The van der Waals surface area contributed by atoms with Gasteiger partial charge in [-0.2, -0.15) is 0 Å². The highest BCUT2D eigenvalue weighted by atomic mass is 16.5. The van der Waals surface area contributed by atoms with Crippen LogP contribution >= 0.6 is 0 Å². The van der Waals surface area contributed by atoms with Gasteiger partial charge in [0.1, 0.15) is 0 Å². The molecule has 0 amide bonds. The van der Waals surface area contributed by atoms with Gasteiger partial charge in [-0.3, -0.25) is 0 Å². The molecular formula is C18H37NO2. The molecule has 1 fully saturated rings. The summed E-state index contributed by atoms with van der Waals surface area (Å²) in [5.41, 5.74) is 0. The molecule has 0 aliphatic heterocycles. The lowest BCUT2D eigenvalue weighted by Crippen LogP contribution is -2.35. The maximum Gasteiger partial charge on any atom is 0.0897 e. The van der Waals surface area contributed by atoms with Crippen molar-refractivity contribution in [3.05, 3.63) is 0 Å². The number of hydrogen-bond donors (Lipinski definition) is 2. The van der Waals surface area contributed by atoms with Crippen molar-refractivity contribution < 1.29 is 9.84 Å². The van der Waals surface area contributed by atoms with Crippen LogP contribution in [0.2, 0.25) is 0 Å². The highest BCUT2D eigenvalue weighted by Gasteiger charge is 2.19. The fraction of sp³-hybridized carbons (Fsp3) is 1.00. The SMILES string of the molecule is CCCCC(CC)CNCC(O)COC1CCC(C)CC1. The summed E-state index contributed by atoms with van der Waals surface area (Å²) in [6.07, 6.45) is 9.98. The number of hydrogen-bond acceptors (Lipinski definition) is 3. The smallest absolute Gasteiger partial charge is 0.0897 e. The van der Waals surface area contributed by atoms with E-state index in [2.05, 4.69) is 26.1 Å². The predicted molar refractivity (Wildman–Crippen MR) is 89.6 cm³/mol. The zero-order valence-electron chi connectivity index (χ0n) is 14.4. The molecule has 2 unspecified atom stereocenters. The van der Waals surface area contributed by atoms with E-state index < -0.39 is 0 Å². The maximum absolute atomic E-state index is 10.0. The quantitative estimate of drug-likeness (QED) is 0.610. The van der Waals surface area contributed by atoms with Crippen LogP contribution in [0.15, 0.2) is 0 Å². The Morgan fingerprint density at radius 1 is 1.14 bits per heavy atom. The van der Waals surface area contributed by atoms with Crippen LogP contribution in [-0.2, 0) is 4.74 Å². The lowest BCUT2D eigenvalue weighted by atomic mass is 9.89. The molecule has 0 aromatic heterocycles. The molecular weight excluding hydrogens is 262 g/mol. The lowest BCUT2D eigenvalue weighted by molar-refractivity contribution is -0.0279. The third kappa shape index (κ3) is 8.80. The van der Waals surface area contributed by atoms with E-state index in [-0.39, 0.29) is 6.10 Å². The summed E-state index contributed by atoms with van der Waals surface area (Å²) < 4.78 is 5.85. The van der Waals surface area contributed by atoms with Gasteiger partial charge in [0.25, 0.3) is 0 Å². The first-order valence-electron chi connectivity index (χ1n) is 9.16. The van der Waals surface area contributed by atoms with Gasteiger partial charge in [0, 0.05) is 6.54 Å². The van der Waals surface area contributed by atoms with E-state index in [1.807, 2.05) is 0 Å². The highest BCUT2D eigenvalue weighted by Crippen LogP contribution is 2.25. The molecule has 1 saturated carbocycles. The van der Waals surface area contributed by atoms with E-state index in [1.165, 1.54) is 38.5 Å². The summed E-state index contributed by atoms with van der Waals surface area (Å²) in [5.74, 6) is 1.60. The molecule has 1 rings (SSSR count). The first-order valence-corrected chi connectivity index (χ1v) is 9.16. The van der Waals surface area contributed by atoms with Gasteiger partial charge < -0.3 is 15.2 Å². The zero-order chi connectivity index (χ0) is 15.5. The lowest BCUT2D eigenvalue weighted by Gasteiger charge is -2.27. The molecule has 2 N–H and O–H groups in total. The van der Waals surface area contributed by atoms with Crippen LogP contribution in [-0.4, -0.2) is 37.0 Å². The average Bonchev–Trinajstić information content (AvgIpc) is 2.50. The minimum Gasteiger partial charge on any atom is -0.389 e. The average molecular weight is 299 g/mol. The van der Waals surface area contributed by atoms with Gasteiger partial charge in [-0.15, -0.1) is 0 Å². The number of aliphatic hydroxyl groups is 1. The van der Waals surface area contributed by atoms with E-state index >= 15 is 0 Å². The van der Waals surface area contributed by atoms with E-state index in [9.17, 15) is 5.11 Å². The van der Waals surface area contributed by atoms with Crippen LogP contribution < -0.4 is 5.32 Å². The minimum atomic E-state index is -0.368. The van der Waals surface area contributed by atoms with Crippen molar-refractivity contribution >= 4 is 0 Å². The van der Waals surface area contributed by atoms with Crippen molar-refractivity contribution in [2.75, 3.05) is 19.7 Å². The normalized spacial score (nSPS) is 25.7. The largest absolute Gasteiger partial charge is 0.389 e. The molecule has 0 aromatic rings. The van der Waals surface area contributed by atoms with Crippen molar-refractivity contribution in [1.29, 1.82) is 0 Å². The van der Waals surface area contributed by atoms with Crippen LogP contribution in [0.3, 0.4) is 0 Å². The van der Waals surface area contributed by atoms with Crippen LogP contribution in [0.4, 0.5) is 0 Å². The topological polar surface area (TPSA) is 41.5 Å². The van der Waals surface area contributed by atoms with Gasteiger partial charge in [0.15, 0.2) is 0 Å². The van der Waals surface area contributed by atoms with Gasteiger partial charge in [-0.1, -0.05) is 40.0 Å². The first-order chi connectivity index (χ1) is 10.2. The van der Waals surface area contributed by atoms with E-state index in [4.69, 9.17) is 4.74 Å². The monoisotopic (exact) mass is 299 g/mol. The summed E-state index contributed by atoms with van der Waals surface area (Å²) in [6, 6.07) is 0. The Labute approximate surface area is 131 Å². The van der Waals surface area contributed by atoms with E-state index in [0.717, 1.165) is 31.2 Å². The van der Waals surface area contributed by atoms with Gasteiger partial charge in [-0.25, -0.2) is 0 Å². The van der Waals surface area contributed by atoms with Crippen molar-refractivity contribution in [2.24, 2.45) is 11.8 Å². The fourth-order valence-corrected chi connectivity index (χ4v) is 3.10. The third-order valence-electron chi connectivity index (χ3n) is 4.84. The minimum absolute atomic E-state index is 0.368. The maximum atomic E-state index is 10.0. The van der Waals surface area contributed by atoms with Gasteiger partial charge >= 0.3 is 0 Å². The molecule has 21 heavy (non-hydrogen) atoms. The zero-order valence-corrected chi connectivity index (χ0v) is 14.4. The van der Waals surface area contributed by atoms with Crippen molar-refractivity contribution in [3.8, 4) is 0 Å². The summed E-state index contributed by atoms with van der Waals surface area (Å²) in [4.78, 5) is 0. The molecule has 126 valence electrons. The Hall–Kier alpha value is -0.120. The predicted octanol–water partition coefficient (Wildman–Crippen LogP) is 3.75. The van der Waals surface area contributed by atoms with Crippen molar-refractivity contribution in [3.63, 3.8) is 0 Å². The second-order valence-corrected chi connectivity index (χ2v) is 6.94. The Morgan fingerprint density at radius 3 is 2.48 bits per heavy atom. The summed E-state index contributed by atoms with van der Waals surface area (Å²) >= 11 is 0. The summed E-state index contributed by atoms with van der Waals surface area (Å²) in [7, 11) is 0. The van der Waals surface area contributed by atoms with E-state index in [0.29, 0.717) is 19.3 Å². The van der Waals surface area contributed by atoms with E-state index in [1.54, 1.807) is 0 Å². The molecule has 0 heterocycles. The molecule has 3 nitrogen and oxygen atoms in total. The Bertz CT molecular complexity index is 239. The second kappa shape index (κ2) is 11.4. The van der Waals surface area contributed by atoms with Crippen LogP contribution in [0.25, 0.3) is 0 Å². The Morgan fingerprint density at radius 2 is 1.86 bits per heavy atom. The standard InChI is InChI=1S/C18H37NO2/c1-4-6-7-16(5-2)12-19-13-17(20)14-21-18-10-8-15(3)9-11-18/h15-20H,4-14H2,1-3H3. The molecule has 0 saturated heterocycles. The molecule has 0 bridgehead atoms. The number of unbranched alkanes of at least 4 members (excludes halogenated alkanes) is 1. The molecule has 0 radical (unpaired) electrons. The highest BCUT2D eigenvalue weighted by molar-refractivity contribution is 4.71. The van der Waals surface area contributed by atoms with Crippen LogP contribution in [0.5, 0.6) is 0 Å². The number of rotatable bonds is 11. The molecule has 1 aliphatic rings. The summed E-state index contributed by atoms with van der Waals surface area (Å²) in [6.45, 7) is 8.98. The molecule has 1 aliphatic carbocycles. The molecule has 2 atom stereocenters. The number of aliphatic hydroxyl groups excluding tert-OH is 1. The molecule has 0 spiro atoms. The number of ether oxygens (including phenoxy) is 1. The van der Waals surface area contributed by atoms with Crippen molar-refractivity contribution in [2.45, 2.75) is 84.3 Å². The summed E-state index contributed by atoms with van der Waals surface area (Å²) in [5, 5.41) is 13.4. The fourth-order valence-electron chi connectivity index (χ4n) is 3.10. The third-order valence-corrected chi connectivity index (χ3v) is 4.84. The van der Waals surface area contributed by atoms with Gasteiger partial charge in [0.05, 0.1) is 18.8 Å². The number of nitrogens with one attached hydrogen (secondary N) is 1. The van der Waals surface area contributed by atoms with Gasteiger partial charge in [-0.05, 0) is 50.5 Å². The van der Waals surface area contributed by atoms with Crippen molar-refractivity contribution in [1.82, 2.24) is 5.32 Å².